The summed E-state index contributed by atoms with van der Waals surface area (Å²) >= 11 is 0. The lowest BCUT2D eigenvalue weighted by Gasteiger charge is -2.67. The number of aliphatic hydroxyl groups excluding tert-OH is 1. The number of ketones is 1. The number of hydrogen-bond donors (Lipinski definition) is 2. The first-order valence-corrected chi connectivity index (χ1v) is 15.0. The topological polar surface area (TPSA) is 125 Å². The van der Waals surface area contributed by atoms with Crippen LogP contribution in [-0.2, 0) is 35.0 Å². The van der Waals surface area contributed by atoms with Crippen molar-refractivity contribution in [2.45, 2.75) is 90.1 Å². The van der Waals surface area contributed by atoms with E-state index >= 15 is 0 Å². The van der Waals surface area contributed by atoms with Crippen molar-refractivity contribution >= 4 is 17.7 Å². The van der Waals surface area contributed by atoms with E-state index in [0.717, 1.165) is 18.4 Å². The van der Waals surface area contributed by atoms with Gasteiger partial charge in [0.15, 0.2) is 5.78 Å². The highest BCUT2D eigenvalue weighted by Gasteiger charge is 2.78. The van der Waals surface area contributed by atoms with Crippen molar-refractivity contribution in [3.8, 4) is 0 Å². The van der Waals surface area contributed by atoms with Gasteiger partial charge in [-0.3, -0.25) is 14.4 Å². The molecule has 1 aromatic rings. The summed E-state index contributed by atoms with van der Waals surface area (Å²) in [6.45, 7) is 10.0. The van der Waals surface area contributed by atoms with Crippen molar-refractivity contribution in [2.75, 3.05) is 13.7 Å². The molecule has 8 nitrogen and oxygen atoms in total. The molecule has 1 spiro atoms. The molecule has 0 aliphatic heterocycles. The van der Waals surface area contributed by atoms with E-state index in [1.165, 1.54) is 6.92 Å². The van der Waals surface area contributed by atoms with E-state index in [2.05, 4.69) is 20.4 Å². The molecule has 0 heterocycles. The Balaban J connectivity index is 1.54. The van der Waals surface area contributed by atoms with Gasteiger partial charge in [0.05, 0.1) is 18.8 Å². The van der Waals surface area contributed by atoms with Crippen molar-refractivity contribution in [2.24, 2.45) is 39.7 Å². The van der Waals surface area contributed by atoms with Gasteiger partial charge in [-0.15, -0.1) is 0 Å². The first-order chi connectivity index (χ1) is 19.4. The molecular weight excluding hydrogens is 522 g/mol. The summed E-state index contributed by atoms with van der Waals surface area (Å²) in [5.74, 6) is -2.34. The molecule has 0 saturated heterocycles. The van der Waals surface area contributed by atoms with Gasteiger partial charge in [0.1, 0.15) is 17.6 Å². The number of carbonyl (C=O) groups is 3. The standard InChI is InChI=1S/C33H45NO7/c1-19-22-16-24(36)27-32(18-40-20(2)35)15-9-14-31(3,4)25(32)17-26(39-5)33(27,28(19)37)29(22)41-30(38)23(34)13-12-21-10-7-6-8-11-21/h6-8,10-11,22-27,29,36H,1,9,12-18,34H2,2-5H3/t22-,23-,24-,25+,26+,27-,29+,32-,33+/m0/s1. The van der Waals surface area contributed by atoms with E-state index < -0.39 is 59.0 Å². The van der Waals surface area contributed by atoms with Crippen LogP contribution < -0.4 is 5.73 Å². The average molecular weight is 568 g/mol. The molecule has 9 atom stereocenters. The fourth-order valence-corrected chi connectivity index (χ4v) is 9.38. The largest absolute Gasteiger partial charge is 0.465 e. The Morgan fingerprint density at radius 1 is 1.17 bits per heavy atom. The van der Waals surface area contributed by atoms with Crippen LogP contribution in [0.15, 0.2) is 42.5 Å². The van der Waals surface area contributed by atoms with Crippen LogP contribution in [0.25, 0.3) is 0 Å². The zero-order chi connectivity index (χ0) is 29.7. The van der Waals surface area contributed by atoms with Crippen molar-refractivity contribution < 1.29 is 33.7 Å². The molecule has 1 aromatic carbocycles. The van der Waals surface area contributed by atoms with Crippen LogP contribution in [0.2, 0.25) is 0 Å². The lowest BCUT2D eigenvalue weighted by atomic mass is 9.39. The van der Waals surface area contributed by atoms with Crippen LogP contribution in [0.4, 0.5) is 0 Å². The molecule has 4 saturated carbocycles. The minimum absolute atomic E-state index is 0.0148. The minimum atomic E-state index is -1.34. The third-order valence-electron chi connectivity index (χ3n) is 11.0. The molecule has 4 fully saturated rings. The van der Waals surface area contributed by atoms with Gasteiger partial charge >= 0.3 is 11.9 Å². The molecule has 2 bridgehead atoms. The molecule has 8 heteroatoms. The number of hydrogen-bond acceptors (Lipinski definition) is 8. The van der Waals surface area contributed by atoms with Crippen LogP contribution in [0, 0.1) is 34.0 Å². The highest BCUT2D eigenvalue weighted by Crippen LogP contribution is 2.72. The summed E-state index contributed by atoms with van der Waals surface area (Å²) in [7, 11) is 1.58. The zero-order valence-corrected chi connectivity index (χ0v) is 24.8. The summed E-state index contributed by atoms with van der Waals surface area (Å²) in [6, 6.07) is 8.93. The number of esters is 2. The van der Waals surface area contributed by atoms with E-state index in [1.807, 2.05) is 30.3 Å². The van der Waals surface area contributed by atoms with Crippen LogP contribution in [-0.4, -0.2) is 60.9 Å². The van der Waals surface area contributed by atoms with E-state index in [1.54, 1.807) is 7.11 Å². The molecule has 3 N–H and O–H groups in total. The number of Topliss-reactive ketones (excluding diaryl/α,β-unsaturated/α-hetero) is 1. The third-order valence-corrected chi connectivity index (χ3v) is 11.0. The maximum Gasteiger partial charge on any atom is 0.323 e. The molecule has 4 aliphatic carbocycles. The molecule has 0 unspecified atom stereocenters. The van der Waals surface area contributed by atoms with Crippen molar-refractivity contribution in [3.63, 3.8) is 0 Å². The van der Waals surface area contributed by atoms with Gasteiger partial charge in [-0.25, -0.2) is 0 Å². The summed E-state index contributed by atoms with van der Waals surface area (Å²) in [4.78, 5) is 40.1. The maximum absolute atomic E-state index is 14.4. The Morgan fingerprint density at radius 2 is 1.88 bits per heavy atom. The first-order valence-electron chi connectivity index (χ1n) is 15.0. The fraction of sp³-hybridized carbons (Fsp3) is 0.667. The Kier molecular flexibility index (Phi) is 7.98. The second kappa shape index (κ2) is 10.9. The summed E-state index contributed by atoms with van der Waals surface area (Å²) < 4.78 is 18.1. The van der Waals surface area contributed by atoms with Crippen LogP contribution in [0.5, 0.6) is 0 Å². The smallest absolute Gasteiger partial charge is 0.323 e. The number of fused-ring (bicyclic) bond motifs is 3. The van der Waals surface area contributed by atoms with Crippen molar-refractivity contribution in [3.05, 3.63) is 48.0 Å². The molecule has 4 aliphatic rings. The highest BCUT2D eigenvalue weighted by molar-refractivity contribution is 6.05. The van der Waals surface area contributed by atoms with Crippen molar-refractivity contribution in [1.82, 2.24) is 0 Å². The van der Waals surface area contributed by atoms with Gasteiger partial charge in [0.2, 0.25) is 0 Å². The normalized spacial score (nSPS) is 38.0. The first kappa shape index (κ1) is 29.9. The van der Waals surface area contributed by atoms with Gasteiger partial charge in [-0.1, -0.05) is 57.2 Å². The predicted octanol–water partition coefficient (Wildman–Crippen LogP) is 3.78. The fourth-order valence-electron chi connectivity index (χ4n) is 9.38. The van der Waals surface area contributed by atoms with E-state index in [-0.39, 0.29) is 30.1 Å². The molecular formula is C33H45NO7. The Labute approximate surface area is 243 Å². The second-order valence-electron chi connectivity index (χ2n) is 13.5. The lowest BCUT2D eigenvalue weighted by Crippen LogP contribution is -2.72. The van der Waals surface area contributed by atoms with Crippen molar-refractivity contribution in [1.29, 1.82) is 0 Å². The van der Waals surface area contributed by atoms with Gasteiger partial charge < -0.3 is 25.1 Å². The molecule has 0 amide bonds. The zero-order valence-electron chi connectivity index (χ0n) is 24.8. The van der Waals surface area contributed by atoms with Crippen LogP contribution in [0.3, 0.4) is 0 Å². The summed E-state index contributed by atoms with van der Waals surface area (Å²) in [5.41, 5.74) is 5.62. The summed E-state index contributed by atoms with van der Waals surface area (Å²) in [6.07, 6.45) is 1.96. The molecule has 41 heavy (non-hydrogen) atoms. The number of ether oxygens (including phenoxy) is 3. The average Bonchev–Trinajstić information content (AvgIpc) is 3.06. The van der Waals surface area contributed by atoms with Gasteiger partial charge in [0, 0.05) is 31.3 Å². The summed E-state index contributed by atoms with van der Waals surface area (Å²) in [5, 5.41) is 11.9. The SMILES string of the molecule is C=C1C(=O)[C@]23[C@H](OC(=O)[C@@H](N)CCc4ccccc4)[C@H]1C[C@H](O)[C@H]2[C@]1(COC(C)=O)CCCC(C)(C)[C@H]1C[C@H]3OC. The number of aliphatic hydroxyl groups is 1. The maximum atomic E-state index is 14.4. The number of methoxy groups -OCH3 is 1. The lowest BCUT2D eigenvalue weighted by molar-refractivity contribution is -0.272. The highest BCUT2D eigenvalue weighted by atomic mass is 16.6. The molecule has 5 rings (SSSR count). The van der Waals surface area contributed by atoms with Crippen LogP contribution >= 0.6 is 0 Å². The molecule has 0 aromatic heterocycles. The Morgan fingerprint density at radius 3 is 2.54 bits per heavy atom. The quantitative estimate of drug-likeness (QED) is 0.359. The van der Waals surface area contributed by atoms with Crippen LogP contribution in [0.1, 0.15) is 64.9 Å². The molecule has 0 radical (unpaired) electrons. The van der Waals surface area contributed by atoms with Gasteiger partial charge in [-0.05, 0) is 61.0 Å². The second-order valence-corrected chi connectivity index (χ2v) is 13.5. The number of benzene rings is 1. The third kappa shape index (κ3) is 4.66. The minimum Gasteiger partial charge on any atom is -0.465 e. The van der Waals surface area contributed by atoms with Gasteiger partial charge in [0.25, 0.3) is 0 Å². The van der Waals surface area contributed by atoms with E-state index in [9.17, 15) is 19.5 Å². The number of carbonyl (C=O) groups excluding carboxylic acids is 3. The monoisotopic (exact) mass is 567 g/mol. The van der Waals surface area contributed by atoms with E-state index in [4.69, 9.17) is 19.9 Å². The molecule has 224 valence electrons. The number of rotatable bonds is 8. The number of nitrogens with two attached hydrogens (primary N) is 1. The number of aryl methyl sites for hydroxylation is 1. The van der Waals surface area contributed by atoms with E-state index in [0.29, 0.717) is 31.3 Å². The predicted molar refractivity (Wildman–Crippen MR) is 152 cm³/mol. The van der Waals surface area contributed by atoms with Gasteiger partial charge in [-0.2, -0.15) is 0 Å². The Hall–Kier alpha value is -2.55. The Bertz CT molecular complexity index is 1200.